The highest BCUT2D eigenvalue weighted by atomic mass is 32.1. The Balaban J connectivity index is 0.000000384. The van der Waals surface area contributed by atoms with Crippen molar-refractivity contribution in [1.29, 1.82) is 0 Å². The second-order valence-electron chi connectivity index (χ2n) is 7.46. The monoisotopic (exact) mass is 513 g/mol. The average molecular weight is 514 g/mol. The Kier molecular flexibility index (Phi) is 6.88. The van der Waals surface area contributed by atoms with Crippen LogP contribution in [0.25, 0.3) is 33.3 Å². The summed E-state index contributed by atoms with van der Waals surface area (Å²) in [6.45, 7) is 0. The molecule has 2 N–H and O–H groups in total. The molecule has 36 heavy (non-hydrogen) atoms. The molecule has 0 bridgehead atoms. The Bertz CT molecular complexity index is 1530. The van der Waals surface area contributed by atoms with Gasteiger partial charge in [-0.15, -0.1) is 16.0 Å². The molecule has 0 aliphatic rings. The standard InChI is InChI=1S/C22H17N5OS.C2HF3O2/c1-26(19-12-6-8-15-7-2-3-9-16(15)19)22(28)25-27-20-11-5-4-10-17(20)24-21(27)18-13-29-14-23-18;3-2(4,5)1(6)7/h2-14H,1H3,(H,25,28);(H,6,7). The zero-order valence-electron chi connectivity index (χ0n) is 18.6. The molecule has 2 amide bonds. The molecule has 0 unspecified atom stereocenters. The molecule has 0 aliphatic carbocycles. The number of hydrogen-bond acceptors (Lipinski definition) is 5. The maximum Gasteiger partial charge on any atom is 0.430 e. The SMILES string of the molecule is CN(C(=O)N[n+]1c(-c2cscn2)[nH]c2ccccc21)c1cccc2ccccc12.O=C([O-])C(F)(F)F. The molecule has 0 radical (unpaired) electrons. The predicted molar refractivity (Wildman–Crippen MR) is 128 cm³/mol. The van der Waals surface area contributed by atoms with Gasteiger partial charge in [-0.05, 0) is 23.6 Å². The van der Waals surface area contributed by atoms with Crippen molar-refractivity contribution >= 4 is 50.8 Å². The third-order valence-corrected chi connectivity index (χ3v) is 5.75. The summed E-state index contributed by atoms with van der Waals surface area (Å²) in [7, 11) is 1.77. The zero-order chi connectivity index (χ0) is 25.9. The van der Waals surface area contributed by atoms with E-state index in [0.717, 1.165) is 39.0 Å². The molecule has 0 fully saturated rings. The van der Waals surface area contributed by atoms with Gasteiger partial charge >= 0.3 is 18.0 Å². The number of amides is 2. The van der Waals surface area contributed by atoms with Crippen LogP contribution in [0.4, 0.5) is 23.7 Å². The smallest absolute Gasteiger partial charge is 0.430 e. The number of carboxylic acid groups (broad SMARTS) is 1. The highest BCUT2D eigenvalue weighted by Gasteiger charge is 2.29. The maximum absolute atomic E-state index is 13.2. The molecule has 0 saturated carbocycles. The number of nitrogens with zero attached hydrogens (tertiary/aromatic N) is 3. The van der Waals surface area contributed by atoms with Crippen molar-refractivity contribution in [3.63, 3.8) is 0 Å². The van der Waals surface area contributed by atoms with Crippen LogP contribution in [0.3, 0.4) is 0 Å². The fourth-order valence-corrected chi connectivity index (χ4v) is 4.02. The summed E-state index contributed by atoms with van der Waals surface area (Å²) in [5, 5.41) is 12.8. The Labute approximate surface area is 206 Å². The Morgan fingerprint density at radius 1 is 1.06 bits per heavy atom. The molecule has 5 rings (SSSR count). The molecular formula is C24H18F3N5O3S. The number of aromatic nitrogens is 3. The molecule has 0 spiro atoms. The summed E-state index contributed by atoms with van der Waals surface area (Å²) >= 11 is 1.51. The van der Waals surface area contributed by atoms with Crippen molar-refractivity contribution < 1.29 is 32.5 Å². The fraction of sp³-hybridized carbons (Fsp3) is 0.0833. The number of imidazole rings is 1. The van der Waals surface area contributed by atoms with Crippen LogP contribution in [0.15, 0.2) is 77.6 Å². The molecule has 8 nitrogen and oxygen atoms in total. The number of carbonyl (C=O) groups is 2. The molecule has 2 aromatic heterocycles. The number of benzene rings is 3. The number of aliphatic carboxylic acids is 1. The van der Waals surface area contributed by atoms with E-state index in [1.165, 1.54) is 11.3 Å². The van der Waals surface area contributed by atoms with E-state index < -0.39 is 12.1 Å². The highest BCUT2D eigenvalue weighted by Crippen LogP contribution is 2.26. The van der Waals surface area contributed by atoms with Crippen molar-refractivity contribution in [2.24, 2.45) is 0 Å². The van der Waals surface area contributed by atoms with E-state index in [1.807, 2.05) is 72.1 Å². The number of aromatic amines is 1. The molecule has 0 atom stereocenters. The first-order chi connectivity index (χ1) is 17.2. The van der Waals surface area contributed by atoms with Crippen LogP contribution in [-0.4, -0.2) is 35.2 Å². The van der Waals surface area contributed by atoms with Crippen molar-refractivity contribution in [2.75, 3.05) is 17.4 Å². The number of anilines is 1. The van der Waals surface area contributed by atoms with E-state index in [1.54, 1.807) is 22.1 Å². The third kappa shape index (κ3) is 5.13. The van der Waals surface area contributed by atoms with Gasteiger partial charge < -0.3 is 9.90 Å². The Morgan fingerprint density at radius 3 is 2.42 bits per heavy atom. The fourth-order valence-electron chi connectivity index (χ4n) is 3.48. The van der Waals surface area contributed by atoms with Gasteiger partial charge in [-0.2, -0.15) is 18.6 Å². The second kappa shape index (κ2) is 10.0. The molecule has 3 aromatic carbocycles. The normalized spacial score (nSPS) is 11.1. The van der Waals surface area contributed by atoms with E-state index in [0.29, 0.717) is 0 Å². The number of carbonyl (C=O) groups excluding carboxylic acids is 2. The summed E-state index contributed by atoms with van der Waals surface area (Å²) in [5.74, 6) is -2.28. The first kappa shape index (κ1) is 24.7. The van der Waals surface area contributed by atoms with Gasteiger partial charge in [0.1, 0.15) is 5.97 Å². The minimum absolute atomic E-state index is 0.243. The van der Waals surface area contributed by atoms with E-state index in [4.69, 9.17) is 9.90 Å². The van der Waals surface area contributed by atoms with Crippen LogP contribution >= 0.6 is 11.3 Å². The number of hydrogen-bond donors (Lipinski definition) is 2. The predicted octanol–water partition coefficient (Wildman–Crippen LogP) is 3.83. The van der Waals surface area contributed by atoms with Crippen LogP contribution in [-0.2, 0) is 4.79 Å². The van der Waals surface area contributed by atoms with Gasteiger partial charge in [-0.25, -0.2) is 14.8 Å². The van der Waals surface area contributed by atoms with Crippen LogP contribution in [0.2, 0.25) is 0 Å². The number of fused-ring (bicyclic) bond motifs is 2. The summed E-state index contributed by atoms with van der Waals surface area (Å²) in [6, 6.07) is 21.6. The minimum Gasteiger partial charge on any atom is -0.542 e. The van der Waals surface area contributed by atoms with Gasteiger partial charge in [0.05, 0.1) is 11.2 Å². The van der Waals surface area contributed by atoms with Crippen LogP contribution < -0.4 is 20.1 Å². The minimum atomic E-state index is -5.19. The largest absolute Gasteiger partial charge is 0.542 e. The lowest BCUT2D eigenvalue weighted by Crippen LogP contribution is -2.53. The first-order valence-electron chi connectivity index (χ1n) is 10.4. The van der Waals surface area contributed by atoms with Gasteiger partial charge in [-0.3, -0.25) is 4.90 Å². The van der Waals surface area contributed by atoms with E-state index in [2.05, 4.69) is 15.4 Å². The Morgan fingerprint density at radius 2 is 1.72 bits per heavy atom. The van der Waals surface area contributed by atoms with Gasteiger partial charge in [0, 0.05) is 17.8 Å². The van der Waals surface area contributed by atoms with Crippen molar-refractivity contribution in [3.05, 3.63) is 77.6 Å². The highest BCUT2D eigenvalue weighted by molar-refractivity contribution is 7.07. The number of H-pyrrole nitrogens is 1. The van der Waals surface area contributed by atoms with Crippen molar-refractivity contribution in [2.45, 2.75) is 6.18 Å². The lowest BCUT2D eigenvalue weighted by Gasteiger charge is -2.19. The third-order valence-electron chi connectivity index (χ3n) is 5.17. The number of nitrogens with one attached hydrogen (secondary N) is 2. The van der Waals surface area contributed by atoms with Crippen LogP contribution in [0.1, 0.15) is 0 Å². The number of para-hydroxylation sites is 2. The lowest BCUT2D eigenvalue weighted by molar-refractivity contribution is -0.602. The molecule has 184 valence electrons. The topological polar surface area (TPSA) is 105 Å². The molecule has 2 heterocycles. The van der Waals surface area contributed by atoms with E-state index >= 15 is 0 Å². The first-order valence-corrected chi connectivity index (χ1v) is 11.3. The number of rotatable bonds is 3. The van der Waals surface area contributed by atoms with Crippen LogP contribution in [0.5, 0.6) is 0 Å². The zero-order valence-corrected chi connectivity index (χ0v) is 19.4. The lowest BCUT2D eigenvalue weighted by atomic mass is 10.1. The quantitative estimate of drug-likeness (QED) is 0.358. The second-order valence-corrected chi connectivity index (χ2v) is 8.18. The van der Waals surface area contributed by atoms with Crippen molar-refractivity contribution in [3.8, 4) is 11.5 Å². The molecule has 0 saturated heterocycles. The number of thiazole rings is 1. The number of carboxylic acids is 1. The number of alkyl halides is 3. The van der Waals surface area contributed by atoms with Gasteiger partial charge in [0.25, 0.3) is 0 Å². The van der Waals surface area contributed by atoms with Gasteiger partial charge in [0.15, 0.2) is 11.2 Å². The van der Waals surface area contributed by atoms with Gasteiger partial charge in [-0.1, -0.05) is 48.5 Å². The summed E-state index contributed by atoms with van der Waals surface area (Å²) < 4.78 is 33.3. The van der Waals surface area contributed by atoms with Crippen LogP contribution in [0, 0.1) is 0 Å². The molecule has 0 aliphatic heterocycles. The van der Waals surface area contributed by atoms with Gasteiger partial charge in [0.2, 0.25) is 5.52 Å². The van der Waals surface area contributed by atoms with Crippen molar-refractivity contribution in [1.82, 2.24) is 9.97 Å². The van der Waals surface area contributed by atoms with E-state index in [-0.39, 0.29) is 6.03 Å². The molecular weight excluding hydrogens is 495 g/mol. The molecule has 12 heteroatoms. The summed E-state index contributed by atoms with van der Waals surface area (Å²) in [4.78, 5) is 31.3. The Hall–Kier alpha value is -4.45. The average Bonchev–Trinajstić information content (AvgIpc) is 3.51. The molecule has 5 aromatic rings. The van der Waals surface area contributed by atoms with E-state index in [9.17, 15) is 18.0 Å². The summed E-state index contributed by atoms with van der Waals surface area (Å²) in [6.07, 6.45) is -5.19. The summed E-state index contributed by atoms with van der Waals surface area (Å²) in [5.41, 5.74) is 8.21. The number of halogens is 3. The maximum atomic E-state index is 13.2. The number of urea groups is 1.